The van der Waals surface area contributed by atoms with Crippen LogP contribution in [0, 0.1) is 6.92 Å². The molecule has 2 N–H and O–H groups in total. The van der Waals surface area contributed by atoms with Crippen molar-refractivity contribution in [3.8, 4) is 11.4 Å². The smallest absolute Gasteiger partial charge is 0.251 e. The second-order valence-corrected chi connectivity index (χ2v) is 13.9. The number of sulfone groups is 1. The van der Waals surface area contributed by atoms with E-state index < -0.39 is 9.84 Å². The highest BCUT2D eigenvalue weighted by Gasteiger charge is 2.21. The molecule has 5 rings (SSSR count). The molecule has 1 heterocycles. The van der Waals surface area contributed by atoms with Crippen LogP contribution in [0.4, 0.5) is 5.69 Å². The van der Waals surface area contributed by atoms with Crippen LogP contribution in [0.2, 0.25) is 0 Å². The van der Waals surface area contributed by atoms with Crippen molar-refractivity contribution in [2.45, 2.75) is 58.0 Å². The normalized spacial score (nSPS) is 12.3. The first-order chi connectivity index (χ1) is 21.4. The van der Waals surface area contributed by atoms with E-state index in [1.54, 1.807) is 37.3 Å². The SMILES string of the molecule is CCS(=O)(=O)c1ccc(CC(=O)Nc2ccc(-c3nc4ccc(C(=O)NC(C)C)cc4n3[C@H](C)c3ccc(C)cc3)cc2)cc1. The third-order valence-electron chi connectivity index (χ3n) is 7.77. The average Bonchev–Trinajstić information content (AvgIpc) is 3.40. The van der Waals surface area contributed by atoms with E-state index in [0.717, 1.165) is 33.5 Å². The Morgan fingerprint density at radius 1 is 0.867 bits per heavy atom. The Bertz CT molecular complexity index is 1940. The number of anilines is 1. The van der Waals surface area contributed by atoms with Gasteiger partial charge in [-0.25, -0.2) is 13.4 Å². The minimum atomic E-state index is -3.29. The molecule has 4 aromatic carbocycles. The highest BCUT2D eigenvalue weighted by molar-refractivity contribution is 7.91. The quantitative estimate of drug-likeness (QED) is 0.179. The van der Waals surface area contributed by atoms with Gasteiger partial charge in [-0.15, -0.1) is 0 Å². The Labute approximate surface area is 264 Å². The number of hydrogen-bond acceptors (Lipinski definition) is 5. The van der Waals surface area contributed by atoms with Crippen LogP contribution in [0.15, 0.2) is 95.9 Å². The molecule has 9 heteroatoms. The molecule has 5 aromatic rings. The molecular weight excluding hydrogens is 584 g/mol. The molecule has 0 bridgehead atoms. The van der Waals surface area contributed by atoms with Crippen LogP contribution in [0.5, 0.6) is 0 Å². The van der Waals surface area contributed by atoms with Gasteiger partial charge < -0.3 is 15.2 Å². The van der Waals surface area contributed by atoms with Crippen molar-refractivity contribution in [3.05, 3.63) is 113 Å². The van der Waals surface area contributed by atoms with E-state index in [-0.39, 0.29) is 41.0 Å². The van der Waals surface area contributed by atoms with Gasteiger partial charge >= 0.3 is 0 Å². The maximum atomic E-state index is 12.9. The molecule has 0 aliphatic carbocycles. The summed E-state index contributed by atoms with van der Waals surface area (Å²) in [7, 11) is -3.29. The largest absolute Gasteiger partial charge is 0.350 e. The summed E-state index contributed by atoms with van der Waals surface area (Å²) in [5.74, 6) is 0.437. The lowest BCUT2D eigenvalue weighted by atomic mass is 10.0. The number of aryl methyl sites for hydroxylation is 1. The molecule has 8 nitrogen and oxygen atoms in total. The van der Waals surface area contributed by atoms with Gasteiger partial charge in [0.2, 0.25) is 5.91 Å². The monoisotopic (exact) mass is 622 g/mol. The highest BCUT2D eigenvalue weighted by atomic mass is 32.2. The molecule has 45 heavy (non-hydrogen) atoms. The highest BCUT2D eigenvalue weighted by Crippen LogP contribution is 2.33. The molecule has 0 fully saturated rings. The number of imidazole rings is 1. The summed E-state index contributed by atoms with van der Waals surface area (Å²) >= 11 is 0. The molecule has 232 valence electrons. The molecule has 2 amide bonds. The Morgan fingerprint density at radius 3 is 2.16 bits per heavy atom. The topological polar surface area (TPSA) is 110 Å². The van der Waals surface area contributed by atoms with Gasteiger partial charge in [-0.3, -0.25) is 9.59 Å². The Hall–Kier alpha value is -4.76. The molecule has 0 unspecified atom stereocenters. The number of benzene rings is 4. The van der Waals surface area contributed by atoms with Gasteiger partial charge in [-0.1, -0.05) is 48.9 Å². The first-order valence-corrected chi connectivity index (χ1v) is 16.7. The van der Waals surface area contributed by atoms with Crippen LogP contribution in [0.25, 0.3) is 22.4 Å². The molecule has 0 radical (unpaired) electrons. The second-order valence-electron chi connectivity index (χ2n) is 11.6. The maximum Gasteiger partial charge on any atom is 0.251 e. The summed E-state index contributed by atoms with van der Waals surface area (Å²) in [5.41, 5.74) is 6.71. The maximum absolute atomic E-state index is 12.9. The molecule has 0 saturated heterocycles. The lowest BCUT2D eigenvalue weighted by molar-refractivity contribution is -0.115. The number of carbonyl (C=O) groups is 2. The number of aromatic nitrogens is 2. The van der Waals surface area contributed by atoms with E-state index in [2.05, 4.69) is 53.3 Å². The van der Waals surface area contributed by atoms with Gasteiger partial charge in [0.05, 0.1) is 34.1 Å². The molecular formula is C36H38N4O4S. The zero-order chi connectivity index (χ0) is 32.3. The summed E-state index contributed by atoms with van der Waals surface area (Å²) in [4.78, 5) is 30.9. The lowest BCUT2D eigenvalue weighted by Gasteiger charge is -2.19. The van der Waals surface area contributed by atoms with Gasteiger partial charge in [-0.05, 0) is 93.4 Å². The van der Waals surface area contributed by atoms with Crippen molar-refractivity contribution in [1.29, 1.82) is 0 Å². The standard InChI is InChI=1S/C36H38N4O4S/c1-6-45(43,44)31-18-9-26(10-19-31)21-34(41)38-30-16-13-28(14-17-30)35-39-32-20-15-29(36(42)37-23(2)3)22-33(32)40(35)25(5)27-11-7-24(4)8-12-27/h7-20,22-23,25H,6,21H2,1-5H3,(H,37,42)(H,38,41)/t25-/m1/s1. The number of nitrogens with zero attached hydrogens (tertiary/aromatic N) is 2. The lowest BCUT2D eigenvalue weighted by Crippen LogP contribution is -2.30. The number of rotatable bonds is 10. The van der Waals surface area contributed by atoms with Gasteiger partial charge in [0.15, 0.2) is 9.84 Å². The molecule has 0 aliphatic heterocycles. The molecule has 0 saturated carbocycles. The fraction of sp³-hybridized carbons (Fsp3) is 0.250. The Morgan fingerprint density at radius 2 is 1.53 bits per heavy atom. The van der Waals surface area contributed by atoms with Crippen molar-refractivity contribution in [2.24, 2.45) is 0 Å². The Balaban J connectivity index is 1.43. The third kappa shape index (κ3) is 7.15. The van der Waals surface area contributed by atoms with Crippen molar-refractivity contribution in [2.75, 3.05) is 11.1 Å². The number of nitrogens with one attached hydrogen (secondary N) is 2. The van der Waals surface area contributed by atoms with E-state index >= 15 is 0 Å². The first kappa shape index (κ1) is 31.7. The van der Waals surface area contributed by atoms with Gasteiger partial charge in [0.25, 0.3) is 5.91 Å². The number of carbonyl (C=O) groups excluding carboxylic acids is 2. The fourth-order valence-electron chi connectivity index (χ4n) is 5.24. The molecule has 1 aromatic heterocycles. The number of hydrogen-bond donors (Lipinski definition) is 2. The predicted octanol–water partition coefficient (Wildman–Crippen LogP) is 6.73. The molecule has 0 spiro atoms. The van der Waals surface area contributed by atoms with Crippen molar-refractivity contribution >= 4 is 38.4 Å². The first-order valence-electron chi connectivity index (χ1n) is 15.1. The van der Waals surface area contributed by atoms with Crippen LogP contribution >= 0.6 is 0 Å². The average molecular weight is 623 g/mol. The third-order valence-corrected chi connectivity index (χ3v) is 9.52. The minimum Gasteiger partial charge on any atom is -0.350 e. The van der Waals surface area contributed by atoms with Crippen molar-refractivity contribution < 1.29 is 18.0 Å². The van der Waals surface area contributed by atoms with Crippen molar-refractivity contribution in [3.63, 3.8) is 0 Å². The predicted molar refractivity (Wildman–Crippen MR) is 179 cm³/mol. The van der Waals surface area contributed by atoms with Crippen LogP contribution in [0.3, 0.4) is 0 Å². The Kier molecular flexibility index (Phi) is 9.20. The van der Waals surface area contributed by atoms with E-state index in [1.165, 1.54) is 5.56 Å². The summed E-state index contributed by atoms with van der Waals surface area (Å²) in [6.45, 7) is 9.65. The van der Waals surface area contributed by atoms with Gasteiger partial charge in [-0.2, -0.15) is 0 Å². The second kappa shape index (κ2) is 13.1. The number of fused-ring (bicyclic) bond motifs is 1. The van der Waals surface area contributed by atoms with Gasteiger partial charge in [0, 0.05) is 22.9 Å². The van der Waals surface area contributed by atoms with E-state index in [1.807, 2.05) is 50.2 Å². The van der Waals surface area contributed by atoms with Crippen LogP contribution in [0.1, 0.15) is 60.8 Å². The fourth-order valence-corrected chi connectivity index (χ4v) is 6.13. The summed E-state index contributed by atoms with van der Waals surface area (Å²) in [5, 5.41) is 5.90. The van der Waals surface area contributed by atoms with E-state index in [0.29, 0.717) is 11.3 Å². The summed E-state index contributed by atoms with van der Waals surface area (Å²) in [6, 6.07) is 27.9. The summed E-state index contributed by atoms with van der Waals surface area (Å²) in [6.07, 6.45) is 0.116. The van der Waals surface area contributed by atoms with E-state index in [9.17, 15) is 18.0 Å². The molecule has 0 aliphatic rings. The summed E-state index contributed by atoms with van der Waals surface area (Å²) < 4.78 is 26.3. The zero-order valence-electron chi connectivity index (χ0n) is 26.2. The van der Waals surface area contributed by atoms with Crippen LogP contribution in [-0.2, 0) is 21.1 Å². The zero-order valence-corrected chi connectivity index (χ0v) is 27.0. The van der Waals surface area contributed by atoms with Gasteiger partial charge in [0.1, 0.15) is 5.82 Å². The van der Waals surface area contributed by atoms with Crippen LogP contribution in [-0.4, -0.2) is 41.6 Å². The molecule has 1 atom stereocenters. The number of amides is 2. The van der Waals surface area contributed by atoms with Crippen molar-refractivity contribution in [1.82, 2.24) is 14.9 Å². The van der Waals surface area contributed by atoms with Crippen LogP contribution < -0.4 is 10.6 Å². The minimum absolute atomic E-state index is 0.0179. The van der Waals surface area contributed by atoms with E-state index in [4.69, 9.17) is 4.98 Å².